The number of benzene rings is 1. The summed E-state index contributed by atoms with van der Waals surface area (Å²) in [4.78, 5) is 11.9. The molecule has 0 aromatic heterocycles. The van der Waals surface area contributed by atoms with Crippen molar-refractivity contribution in [3.63, 3.8) is 0 Å². The third-order valence-corrected chi connectivity index (χ3v) is 4.11. The molecule has 20 heavy (non-hydrogen) atoms. The minimum Gasteiger partial charge on any atom is -0.482 e. The van der Waals surface area contributed by atoms with Crippen molar-refractivity contribution < 1.29 is 19.0 Å². The average molecular weight is 276 g/mol. The van der Waals surface area contributed by atoms with E-state index in [4.69, 9.17) is 14.2 Å². The maximum Gasteiger partial charge on any atom is 0.344 e. The molecule has 1 saturated heterocycles. The molecule has 2 fully saturated rings. The topological polar surface area (TPSA) is 44.8 Å². The average Bonchev–Trinajstić information content (AvgIpc) is 3.01. The first-order valence-electron chi connectivity index (χ1n) is 7.17. The predicted octanol–water partition coefficient (Wildman–Crippen LogP) is 2.49. The van der Waals surface area contributed by atoms with Crippen molar-refractivity contribution in [2.75, 3.05) is 19.8 Å². The van der Waals surface area contributed by atoms with Crippen LogP contribution in [0.4, 0.5) is 0 Å². The molecule has 0 radical (unpaired) electrons. The van der Waals surface area contributed by atoms with E-state index in [1.54, 1.807) is 0 Å². The SMILES string of the molecule is Cc1ccc(OCC(=O)OC2(C3CCOC3)CC2)cc1. The Balaban J connectivity index is 1.49. The van der Waals surface area contributed by atoms with Crippen LogP contribution in [-0.4, -0.2) is 31.4 Å². The van der Waals surface area contributed by atoms with Crippen LogP contribution in [0, 0.1) is 12.8 Å². The molecule has 4 nitrogen and oxygen atoms in total. The molecule has 108 valence electrons. The van der Waals surface area contributed by atoms with E-state index >= 15 is 0 Å². The molecule has 1 aromatic carbocycles. The lowest BCUT2D eigenvalue weighted by Gasteiger charge is -2.22. The van der Waals surface area contributed by atoms with Crippen LogP contribution in [0.5, 0.6) is 5.75 Å². The number of hydrogen-bond donors (Lipinski definition) is 0. The molecule has 0 spiro atoms. The first-order valence-corrected chi connectivity index (χ1v) is 7.17. The van der Waals surface area contributed by atoms with Crippen LogP contribution in [0.15, 0.2) is 24.3 Å². The third-order valence-electron chi connectivity index (χ3n) is 4.11. The lowest BCUT2D eigenvalue weighted by molar-refractivity contribution is -0.157. The Morgan fingerprint density at radius 3 is 2.70 bits per heavy atom. The van der Waals surface area contributed by atoms with E-state index in [1.165, 1.54) is 0 Å². The number of carbonyl (C=O) groups is 1. The molecule has 1 aliphatic carbocycles. The molecule has 4 heteroatoms. The van der Waals surface area contributed by atoms with Crippen LogP contribution < -0.4 is 4.74 Å². The second-order valence-electron chi connectivity index (χ2n) is 5.70. The predicted molar refractivity (Wildman–Crippen MR) is 73.7 cm³/mol. The summed E-state index contributed by atoms with van der Waals surface area (Å²) in [5.41, 5.74) is 0.905. The summed E-state index contributed by atoms with van der Waals surface area (Å²) in [6.45, 7) is 3.48. The van der Waals surface area contributed by atoms with Crippen molar-refractivity contribution in [2.24, 2.45) is 5.92 Å². The molecule has 1 unspecified atom stereocenters. The molecule has 1 atom stereocenters. The van der Waals surface area contributed by atoms with Gasteiger partial charge < -0.3 is 14.2 Å². The van der Waals surface area contributed by atoms with E-state index in [0.717, 1.165) is 31.4 Å². The highest BCUT2D eigenvalue weighted by atomic mass is 16.6. The number of esters is 1. The quantitative estimate of drug-likeness (QED) is 0.775. The second kappa shape index (κ2) is 5.44. The Morgan fingerprint density at radius 1 is 1.35 bits per heavy atom. The van der Waals surface area contributed by atoms with Gasteiger partial charge in [-0.2, -0.15) is 0 Å². The lowest BCUT2D eigenvalue weighted by Crippen LogP contribution is -2.31. The number of carbonyl (C=O) groups excluding carboxylic acids is 1. The van der Waals surface area contributed by atoms with E-state index in [0.29, 0.717) is 18.3 Å². The highest BCUT2D eigenvalue weighted by Gasteiger charge is 2.54. The smallest absolute Gasteiger partial charge is 0.344 e. The zero-order valence-electron chi connectivity index (χ0n) is 11.8. The maximum atomic E-state index is 11.9. The number of aryl methyl sites for hydroxylation is 1. The molecule has 1 aliphatic heterocycles. The Kier molecular flexibility index (Phi) is 3.66. The standard InChI is InChI=1S/C16H20O4/c1-12-2-4-14(5-3-12)19-11-15(17)20-16(7-8-16)13-6-9-18-10-13/h2-5,13H,6-11H2,1H3. The van der Waals surface area contributed by atoms with Crippen molar-refractivity contribution in [3.05, 3.63) is 29.8 Å². The number of rotatable bonds is 5. The molecular formula is C16H20O4. The summed E-state index contributed by atoms with van der Waals surface area (Å²) in [6, 6.07) is 7.64. The van der Waals surface area contributed by atoms with E-state index in [1.807, 2.05) is 31.2 Å². The van der Waals surface area contributed by atoms with Gasteiger partial charge in [0.15, 0.2) is 6.61 Å². The number of ether oxygens (including phenoxy) is 3. The molecule has 0 amide bonds. The summed E-state index contributed by atoms with van der Waals surface area (Å²) in [5, 5.41) is 0. The Labute approximate surface area is 119 Å². The van der Waals surface area contributed by atoms with Gasteiger partial charge in [-0.25, -0.2) is 4.79 Å². The first-order chi connectivity index (χ1) is 9.68. The van der Waals surface area contributed by atoms with Crippen LogP contribution in [0.1, 0.15) is 24.8 Å². The summed E-state index contributed by atoms with van der Waals surface area (Å²) in [7, 11) is 0. The largest absolute Gasteiger partial charge is 0.482 e. The lowest BCUT2D eigenvalue weighted by atomic mass is 9.99. The highest BCUT2D eigenvalue weighted by Crippen LogP contribution is 2.49. The van der Waals surface area contributed by atoms with Gasteiger partial charge in [-0.05, 0) is 38.3 Å². The minimum atomic E-state index is -0.282. The van der Waals surface area contributed by atoms with Gasteiger partial charge in [0.05, 0.1) is 6.61 Å². The summed E-state index contributed by atoms with van der Waals surface area (Å²) < 4.78 is 16.5. The van der Waals surface area contributed by atoms with E-state index in [2.05, 4.69) is 0 Å². The Hall–Kier alpha value is -1.55. The monoisotopic (exact) mass is 276 g/mol. The van der Waals surface area contributed by atoms with Gasteiger partial charge in [-0.15, -0.1) is 0 Å². The van der Waals surface area contributed by atoms with Gasteiger partial charge in [0.1, 0.15) is 11.4 Å². The van der Waals surface area contributed by atoms with E-state index < -0.39 is 0 Å². The Bertz CT molecular complexity index is 470. The van der Waals surface area contributed by atoms with Gasteiger partial charge in [0.2, 0.25) is 0 Å². The maximum absolute atomic E-state index is 11.9. The van der Waals surface area contributed by atoms with Crippen molar-refractivity contribution in [3.8, 4) is 5.75 Å². The molecule has 0 bridgehead atoms. The van der Waals surface area contributed by atoms with Gasteiger partial charge in [-0.1, -0.05) is 17.7 Å². The summed E-state index contributed by atoms with van der Waals surface area (Å²) in [6.07, 6.45) is 2.90. The Morgan fingerprint density at radius 2 is 2.10 bits per heavy atom. The molecule has 0 N–H and O–H groups in total. The molecule has 1 aromatic rings. The van der Waals surface area contributed by atoms with Gasteiger partial charge >= 0.3 is 5.97 Å². The van der Waals surface area contributed by atoms with Crippen LogP contribution in [0.25, 0.3) is 0 Å². The van der Waals surface area contributed by atoms with Crippen LogP contribution in [0.2, 0.25) is 0 Å². The second-order valence-corrected chi connectivity index (χ2v) is 5.70. The first kappa shape index (κ1) is 13.4. The number of hydrogen-bond acceptors (Lipinski definition) is 4. The zero-order chi connectivity index (χ0) is 14.0. The van der Waals surface area contributed by atoms with E-state index in [-0.39, 0.29) is 18.2 Å². The summed E-state index contributed by atoms with van der Waals surface area (Å²) in [5.74, 6) is 0.780. The summed E-state index contributed by atoms with van der Waals surface area (Å²) >= 11 is 0. The minimum absolute atomic E-state index is 0.0294. The van der Waals surface area contributed by atoms with E-state index in [9.17, 15) is 4.79 Å². The molecule has 1 saturated carbocycles. The van der Waals surface area contributed by atoms with Crippen molar-refractivity contribution in [2.45, 2.75) is 31.8 Å². The zero-order valence-corrected chi connectivity index (χ0v) is 11.8. The van der Waals surface area contributed by atoms with Crippen molar-refractivity contribution in [1.29, 1.82) is 0 Å². The highest BCUT2D eigenvalue weighted by molar-refractivity contribution is 5.72. The van der Waals surface area contributed by atoms with Crippen molar-refractivity contribution in [1.82, 2.24) is 0 Å². The van der Waals surface area contributed by atoms with Crippen LogP contribution in [0.3, 0.4) is 0 Å². The van der Waals surface area contributed by atoms with Crippen LogP contribution >= 0.6 is 0 Å². The third kappa shape index (κ3) is 2.96. The van der Waals surface area contributed by atoms with Gasteiger partial charge in [-0.3, -0.25) is 0 Å². The molecule has 2 aliphatic rings. The normalized spacial score (nSPS) is 23.4. The van der Waals surface area contributed by atoms with Crippen molar-refractivity contribution >= 4 is 5.97 Å². The fourth-order valence-electron chi connectivity index (χ4n) is 2.70. The molecular weight excluding hydrogens is 256 g/mol. The molecule has 1 heterocycles. The fourth-order valence-corrected chi connectivity index (χ4v) is 2.70. The van der Waals surface area contributed by atoms with Crippen LogP contribution in [-0.2, 0) is 14.3 Å². The molecule has 3 rings (SSSR count). The fraction of sp³-hybridized carbons (Fsp3) is 0.562. The van der Waals surface area contributed by atoms with Gasteiger partial charge in [0, 0.05) is 12.5 Å². The van der Waals surface area contributed by atoms with Gasteiger partial charge in [0.25, 0.3) is 0 Å².